The monoisotopic (exact) mass is 379 g/mol. The molecule has 1 atom stereocenters. The van der Waals surface area contributed by atoms with Gasteiger partial charge in [-0.25, -0.2) is 9.78 Å². The van der Waals surface area contributed by atoms with E-state index in [2.05, 4.69) is 23.2 Å². The number of pyridine rings is 1. The highest BCUT2D eigenvalue weighted by molar-refractivity contribution is 5.89. The fourth-order valence-corrected chi connectivity index (χ4v) is 3.82. The lowest BCUT2D eigenvalue weighted by atomic mass is 9.88. The zero-order chi connectivity index (χ0) is 20.1. The minimum Gasteiger partial charge on any atom is -0.478 e. The Morgan fingerprint density at radius 3 is 2.61 bits per heavy atom. The summed E-state index contributed by atoms with van der Waals surface area (Å²) < 4.78 is 0. The summed E-state index contributed by atoms with van der Waals surface area (Å²) in [5, 5.41) is 29.2. The summed E-state index contributed by atoms with van der Waals surface area (Å²) in [6.45, 7) is 3.04. The normalized spacial score (nSPS) is 15.8. The first kappa shape index (κ1) is 19.8. The van der Waals surface area contributed by atoms with Crippen LogP contribution in [0.4, 0.5) is 5.82 Å². The van der Waals surface area contributed by atoms with Crippen LogP contribution in [0, 0.1) is 24.2 Å². The fraction of sp³-hybridized carbons (Fsp3) is 0.409. The van der Waals surface area contributed by atoms with Gasteiger partial charge in [0, 0.05) is 13.1 Å². The molecule has 0 radical (unpaired) electrons. The van der Waals surface area contributed by atoms with Crippen LogP contribution in [0.25, 0.3) is 0 Å². The summed E-state index contributed by atoms with van der Waals surface area (Å²) in [6, 6.07) is 13.6. The number of benzene rings is 1. The van der Waals surface area contributed by atoms with Crippen LogP contribution in [0.3, 0.4) is 0 Å². The lowest BCUT2D eigenvalue weighted by molar-refractivity contribution is 0.0695. The molecule has 1 fully saturated rings. The van der Waals surface area contributed by atoms with Crippen molar-refractivity contribution in [2.24, 2.45) is 5.92 Å². The highest BCUT2D eigenvalue weighted by Gasteiger charge is 2.27. The van der Waals surface area contributed by atoms with Gasteiger partial charge in [-0.15, -0.1) is 0 Å². The van der Waals surface area contributed by atoms with Crippen LogP contribution in [-0.4, -0.2) is 40.4 Å². The number of rotatable bonds is 6. The third-order valence-corrected chi connectivity index (χ3v) is 5.50. The largest absolute Gasteiger partial charge is 0.478 e. The maximum atomic E-state index is 11.3. The van der Waals surface area contributed by atoms with Crippen LogP contribution in [0.2, 0.25) is 0 Å². The summed E-state index contributed by atoms with van der Waals surface area (Å²) in [5.41, 5.74) is 1.99. The fourth-order valence-electron chi connectivity index (χ4n) is 3.82. The topological polar surface area (TPSA) is 97.5 Å². The summed E-state index contributed by atoms with van der Waals surface area (Å²) in [4.78, 5) is 17.7. The van der Waals surface area contributed by atoms with Crippen molar-refractivity contribution < 1.29 is 15.0 Å². The van der Waals surface area contributed by atoms with Gasteiger partial charge in [0.15, 0.2) is 0 Å². The Labute approximate surface area is 165 Å². The molecule has 3 rings (SSSR count). The number of aryl methyl sites for hydroxylation is 2. The minimum absolute atomic E-state index is 0.0616. The van der Waals surface area contributed by atoms with Crippen LogP contribution in [0.15, 0.2) is 36.4 Å². The molecule has 0 spiro atoms. The molecular weight excluding hydrogens is 354 g/mol. The molecule has 6 heteroatoms. The van der Waals surface area contributed by atoms with Gasteiger partial charge in [0.2, 0.25) is 0 Å². The molecule has 2 N–H and O–H groups in total. The lowest BCUT2D eigenvalue weighted by Gasteiger charge is -2.35. The van der Waals surface area contributed by atoms with E-state index in [-0.39, 0.29) is 23.1 Å². The molecule has 1 unspecified atom stereocenters. The van der Waals surface area contributed by atoms with Crippen LogP contribution < -0.4 is 4.90 Å². The summed E-state index contributed by atoms with van der Waals surface area (Å²) in [5.74, 6) is -0.305. The second kappa shape index (κ2) is 8.85. The molecule has 28 heavy (non-hydrogen) atoms. The third-order valence-electron chi connectivity index (χ3n) is 5.50. The Balaban J connectivity index is 1.61. The summed E-state index contributed by atoms with van der Waals surface area (Å²) in [7, 11) is 0. The van der Waals surface area contributed by atoms with E-state index in [1.165, 1.54) is 11.6 Å². The van der Waals surface area contributed by atoms with Gasteiger partial charge in [0.25, 0.3) is 0 Å². The van der Waals surface area contributed by atoms with Crippen molar-refractivity contribution in [2.75, 3.05) is 18.0 Å². The first-order valence-electron chi connectivity index (χ1n) is 9.61. The first-order valence-corrected chi connectivity index (χ1v) is 9.61. The number of carboxylic acid groups (broad SMARTS) is 1. The van der Waals surface area contributed by atoms with Crippen molar-refractivity contribution in [3.8, 4) is 6.07 Å². The van der Waals surface area contributed by atoms with E-state index in [9.17, 15) is 20.3 Å². The molecule has 1 aromatic heterocycles. The van der Waals surface area contributed by atoms with Crippen LogP contribution in [0.1, 0.15) is 46.4 Å². The number of anilines is 1. The molecular formula is C22H25N3O3. The SMILES string of the molecule is Cc1nc(N2CCC(C(O)CCc3ccccc3)CC2)c(C#N)cc1C(=O)O. The number of hydrogen-bond donors (Lipinski definition) is 2. The molecule has 2 aromatic rings. The lowest BCUT2D eigenvalue weighted by Crippen LogP contribution is -2.39. The number of carboxylic acids is 1. The van der Waals surface area contributed by atoms with Gasteiger partial charge in [0.05, 0.1) is 22.9 Å². The van der Waals surface area contributed by atoms with Gasteiger partial charge in [-0.1, -0.05) is 30.3 Å². The molecule has 0 saturated carbocycles. The molecule has 2 heterocycles. The second-order valence-electron chi connectivity index (χ2n) is 7.33. The van der Waals surface area contributed by atoms with Crippen molar-refractivity contribution in [3.63, 3.8) is 0 Å². The molecule has 1 aliphatic heterocycles. The highest BCUT2D eigenvalue weighted by Crippen LogP contribution is 2.29. The van der Waals surface area contributed by atoms with Gasteiger partial charge in [-0.2, -0.15) is 5.26 Å². The number of hydrogen-bond acceptors (Lipinski definition) is 5. The Bertz CT molecular complexity index is 869. The second-order valence-corrected chi connectivity index (χ2v) is 7.33. The van der Waals surface area contributed by atoms with E-state index in [1.807, 2.05) is 23.1 Å². The van der Waals surface area contributed by atoms with Gasteiger partial charge < -0.3 is 15.1 Å². The Kier molecular flexibility index (Phi) is 6.27. The van der Waals surface area contributed by atoms with Crippen molar-refractivity contribution in [2.45, 2.75) is 38.7 Å². The van der Waals surface area contributed by atoms with E-state index < -0.39 is 5.97 Å². The van der Waals surface area contributed by atoms with E-state index in [1.54, 1.807) is 6.92 Å². The smallest absolute Gasteiger partial charge is 0.337 e. The van der Waals surface area contributed by atoms with E-state index in [4.69, 9.17) is 0 Å². The highest BCUT2D eigenvalue weighted by atomic mass is 16.4. The van der Waals surface area contributed by atoms with Crippen molar-refractivity contribution in [1.29, 1.82) is 5.26 Å². The number of nitriles is 1. The van der Waals surface area contributed by atoms with Crippen LogP contribution in [0.5, 0.6) is 0 Å². The molecule has 146 valence electrons. The number of aliphatic hydroxyl groups excluding tert-OH is 1. The Hall–Kier alpha value is -2.91. The summed E-state index contributed by atoms with van der Waals surface area (Å²) >= 11 is 0. The van der Waals surface area contributed by atoms with Crippen LogP contribution in [-0.2, 0) is 6.42 Å². The number of carbonyl (C=O) groups is 1. The van der Waals surface area contributed by atoms with Gasteiger partial charge >= 0.3 is 5.97 Å². The predicted octanol–water partition coefficient (Wildman–Crippen LogP) is 3.17. The van der Waals surface area contributed by atoms with Gasteiger partial charge in [-0.3, -0.25) is 0 Å². The zero-order valence-electron chi connectivity index (χ0n) is 16.0. The average molecular weight is 379 g/mol. The van der Waals surface area contributed by atoms with Gasteiger partial charge in [-0.05, 0) is 50.2 Å². The Morgan fingerprint density at radius 2 is 2.00 bits per heavy atom. The van der Waals surface area contributed by atoms with Crippen molar-refractivity contribution >= 4 is 11.8 Å². The van der Waals surface area contributed by atoms with Crippen molar-refractivity contribution in [3.05, 3.63) is 58.8 Å². The quantitative estimate of drug-likeness (QED) is 0.800. The van der Waals surface area contributed by atoms with E-state index >= 15 is 0 Å². The van der Waals surface area contributed by atoms with Gasteiger partial charge in [0.1, 0.15) is 11.9 Å². The maximum absolute atomic E-state index is 11.3. The molecule has 1 saturated heterocycles. The zero-order valence-corrected chi connectivity index (χ0v) is 16.0. The van der Waals surface area contributed by atoms with E-state index in [0.29, 0.717) is 24.6 Å². The molecule has 0 amide bonds. The number of aromatic nitrogens is 1. The summed E-state index contributed by atoms with van der Waals surface area (Å²) in [6.07, 6.45) is 2.90. The molecule has 1 aromatic carbocycles. The molecule has 6 nitrogen and oxygen atoms in total. The van der Waals surface area contributed by atoms with Crippen molar-refractivity contribution in [1.82, 2.24) is 4.98 Å². The molecule has 1 aliphatic rings. The maximum Gasteiger partial charge on any atom is 0.337 e. The number of piperidine rings is 1. The number of nitrogens with zero attached hydrogens (tertiary/aromatic N) is 3. The number of aromatic carboxylic acids is 1. The van der Waals surface area contributed by atoms with E-state index in [0.717, 1.165) is 25.7 Å². The minimum atomic E-state index is -1.08. The standard InChI is InChI=1S/C22H25N3O3/c1-15-19(22(27)28)13-18(14-23)21(24-15)25-11-9-17(10-12-25)20(26)8-7-16-5-3-2-4-6-16/h2-6,13,17,20,26H,7-12H2,1H3,(H,27,28). The number of aliphatic hydroxyl groups is 1. The Morgan fingerprint density at radius 1 is 1.32 bits per heavy atom. The predicted molar refractivity (Wildman–Crippen MR) is 106 cm³/mol. The molecule has 0 bridgehead atoms. The average Bonchev–Trinajstić information content (AvgIpc) is 2.72. The molecule has 0 aliphatic carbocycles. The van der Waals surface area contributed by atoms with Crippen LogP contribution >= 0.6 is 0 Å². The first-order chi connectivity index (χ1) is 13.5. The third kappa shape index (κ3) is 4.49.